The Bertz CT molecular complexity index is 993. The molecule has 3 rings (SSSR count). The number of fused-ring (bicyclic) bond motifs is 1. The van der Waals surface area contributed by atoms with Crippen molar-refractivity contribution in [1.82, 2.24) is 14.7 Å². The van der Waals surface area contributed by atoms with Crippen molar-refractivity contribution in [2.24, 2.45) is 16.5 Å². The van der Waals surface area contributed by atoms with Gasteiger partial charge in [0.25, 0.3) is 5.91 Å². The number of nitrogens with zero attached hydrogens (tertiary/aromatic N) is 3. The van der Waals surface area contributed by atoms with E-state index in [1.807, 2.05) is 29.5 Å². The van der Waals surface area contributed by atoms with E-state index >= 15 is 0 Å². The number of amides is 1. The third kappa shape index (κ3) is 5.97. The minimum atomic E-state index is -1.11. The molecule has 174 valence electrons. The summed E-state index contributed by atoms with van der Waals surface area (Å²) in [6.45, 7) is 3.99. The van der Waals surface area contributed by atoms with Gasteiger partial charge in [0.1, 0.15) is 23.5 Å². The minimum Gasteiger partial charge on any atom is -0.404 e. The molecule has 0 aliphatic heterocycles. The molecular formula is C22H33FN7OP. The highest BCUT2D eigenvalue weighted by Gasteiger charge is 2.25. The van der Waals surface area contributed by atoms with Gasteiger partial charge in [0, 0.05) is 31.0 Å². The highest BCUT2D eigenvalue weighted by Crippen LogP contribution is 2.25. The molecule has 8 nitrogen and oxygen atoms in total. The number of nitrogens with one attached hydrogen (secondary N) is 2. The summed E-state index contributed by atoms with van der Waals surface area (Å²) in [6.07, 6.45) is 5.27. The highest BCUT2D eigenvalue weighted by molar-refractivity contribution is 7.17. The van der Waals surface area contributed by atoms with Gasteiger partial charge in [-0.15, -0.1) is 9.24 Å². The number of imidazole rings is 1. The van der Waals surface area contributed by atoms with E-state index in [1.54, 1.807) is 6.20 Å². The topological polar surface area (TPSA) is 123 Å². The van der Waals surface area contributed by atoms with E-state index in [1.165, 1.54) is 13.1 Å². The SMILES string of the molecule is CC(P)CN=C(N)/C(=C\N)C(=O)NC1CCC(Nc2cccc3nc(C(C)F)cn23)CC1. The van der Waals surface area contributed by atoms with Crippen LogP contribution in [-0.2, 0) is 4.79 Å². The molecule has 2 aromatic heterocycles. The second kappa shape index (κ2) is 10.8. The normalized spacial score (nSPS) is 21.9. The number of anilines is 1. The molecule has 1 amide bonds. The maximum Gasteiger partial charge on any atom is 0.256 e. The molecule has 0 aromatic carbocycles. The monoisotopic (exact) mass is 461 g/mol. The van der Waals surface area contributed by atoms with Gasteiger partial charge < -0.3 is 22.1 Å². The first-order valence-electron chi connectivity index (χ1n) is 11.0. The lowest BCUT2D eigenvalue weighted by atomic mass is 9.91. The van der Waals surface area contributed by atoms with Crippen molar-refractivity contribution in [2.75, 3.05) is 11.9 Å². The van der Waals surface area contributed by atoms with E-state index in [2.05, 4.69) is 29.8 Å². The van der Waals surface area contributed by atoms with Gasteiger partial charge in [0.15, 0.2) is 0 Å². The smallest absolute Gasteiger partial charge is 0.256 e. The van der Waals surface area contributed by atoms with Gasteiger partial charge in [-0.1, -0.05) is 13.0 Å². The molecule has 1 aliphatic carbocycles. The fraction of sp³-hybridized carbons (Fsp3) is 0.500. The molecular weight excluding hydrogens is 428 g/mol. The number of aliphatic imine (C=N–C) groups is 1. The molecule has 3 unspecified atom stereocenters. The standard InChI is InChI=1S/C22H33FN7OP/c1-13(32)11-26-21(25)17(10-24)22(31)28-16-8-6-15(7-9-16)27-19-4-3-5-20-29-18(14(2)23)12-30(19)20/h3-5,10,12-16,27H,6-9,11,24,32H2,1-2H3,(H2,25,26)(H,28,31)/b17-10+. The summed E-state index contributed by atoms with van der Waals surface area (Å²) in [5.41, 5.74) is 13.2. The van der Waals surface area contributed by atoms with Gasteiger partial charge in [0.05, 0.1) is 11.3 Å². The summed E-state index contributed by atoms with van der Waals surface area (Å²) in [4.78, 5) is 21.2. The zero-order valence-corrected chi connectivity index (χ0v) is 19.7. The van der Waals surface area contributed by atoms with Gasteiger partial charge in [-0.3, -0.25) is 14.2 Å². The van der Waals surface area contributed by atoms with Crippen LogP contribution < -0.4 is 22.1 Å². The number of hydrogen-bond donors (Lipinski definition) is 4. The predicted molar refractivity (Wildman–Crippen MR) is 130 cm³/mol. The molecule has 32 heavy (non-hydrogen) atoms. The van der Waals surface area contributed by atoms with Crippen LogP contribution in [0.15, 0.2) is 41.2 Å². The van der Waals surface area contributed by atoms with Crippen molar-refractivity contribution in [2.45, 2.75) is 63.4 Å². The van der Waals surface area contributed by atoms with E-state index in [-0.39, 0.29) is 35.1 Å². The number of halogens is 1. The zero-order valence-electron chi connectivity index (χ0n) is 18.6. The fourth-order valence-electron chi connectivity index (χ4n) is 3.80. The number of carbonyl (C=O) groups excluding carboxylic acids is 1. The second-order valence-corrected chi connectivity index (χ2v) is 9.51. The van der Waals surface area contributed by atoms with E-state index in [0.29, 0.717) is 17.9 Å². The van der Waals surface area contributed by atoms with Crippen LogP contribution in [0.2, 0.25) is 0 Å². The van der Waals surface area contributed by atoms with Crippen molar-refractivity contribution >= 4 is 32.4 Å². The maximum atomic E-state index is 13.7. The lowest BCUT2D eigenvalue weighted by Gasteiger charge is -2.30. The summed E-state index contributed by atoms with van der Waals surface area (Å²) >= 11 is 0. The van der Waals surface area contributed by atoms with Crippen LogP contribution >= 0.6 is 9.24 Å². The number of carbonyl (C=O) groups is 1. The predicted octanol–water partition coefficient (Wildman–Crippen LogP) is 2.67. The molecule has 0 spiro atoms. The molecule has 2 aromatic rings. The summed E-state index contributed by atoms with van der Waals surface area (Å²) in [5.74, 6) is 0.748. The van der Waals surface area contributed by atoms with Crippen molar-refractivity contribution in [3.05, 3.63) is 41.9 Å². The van der Waals surface area contributed by atoms with Gasteiger partial charge in [-0.25, -0.2) is 9.37 Å². The van der Waals surface area contributed by atoms with E-state index < -0.39 is 6.17 Å². The fourth-order valence-corrected chi connectivity index (χ4v) is 3.90. The van der Waals surface area contributed by atoms with Gasteiger partial charge in [-0.05, 0) is 50.4 Å². The number of hydrogen-bond acceptors (Lipinski definition) is 5. The lowest BCUT2D eigenvalue weighted by molar-refractivity contribution is -0.117. The van der Waals surface area contributed by atoms with E-state index in [4.69, 9.17) is 11.5 Å². The van der Waals surface area contributed by atoms with Gasteiger partial charge >= 0.3 is 0 Å². The number of rotatable bonds is 8. The Labute approximate surface area is 190 Å². The first-order chi connectivity index (χ1) is 15.3. The van der Waals surface area contributed by atoms with Crippen molar-refractivity contribution in [3.8, 4) is 0 Å². The molecule has 1 fully saturated rings. The van der Waals surface area contributed by atoms with Crippen LogP contribution in [-0.4, -0.2) is 45.4 Å². The average Bonchev–Trinajstić information content (AvgIpc) is 3.20. The highest BCUT2D eigenvalue weighted by atomic mass is 31.0. The average molecular weight is 462 g/mol. The Morgan fingerprint density at radius 1 is 1.34 bits per heavy atom. The largest absolute Gasteiger partial charge is 0.404 e. The minimum absolute atomic E-state index is 0.0481. The maximum absolute atomic E-state index is 13.7. The number of aromatic nitrogens is 2. The molecule has 0 saturated heterocycles. The third-order valence-electron chi connectivity index (χ3n) is 5.57. The van der Waals surface area contributed by atoms with Crippen LogP contribution in [0.4, 0.5) is 10.2 Å². The summed E-state index contributed by atoms with van der Waals surface area (Å²) in [5, 5.41) is 6.58. The second-order valence-electron chi connectivity index (χ2n) is 8.37. The summed E-state index contributed by atoms with van der Waals surface area (Å²) in [6, 6.07) is 6.04. The van der Waals surface area contributed by atoms with Crippen molar-refractivity contribution in [3.63, 3.8) is 0 Å². The summed E-state index contributed by atoms with van der Waals surface area (Å²) < 4.78 is 15.5. The Morgan fingerprint density at radius 3 is 2.66 bits per heavy atom. The number of pyridine rings is 1. The third-order valence-corrected chi connectivity index (χ3v) is 5.78. The van der Waals surface area contributed by atoms with Gasteiger partial charge in [-0.2, -0.15) is 0 Å². The lowest BCUT2D eigenvalue weighted by Crippen LogP contribution is -2.42. The van der Waals surface area contributed by atoms with Crippen molar-refractivity contribution in [1.29, 1.82) is 0 Å². The van der Waals surface area contributed by atoms with E-state index in [9.17, 15) is 9.18 Å². The first-order valence-corrected chi connectivity index (χ1v) is 11.6. The molecule has 0 radical (unpaired) electrons. The quantitative estimate of drug-likeness (QED) is 0.208. The Hall–Kier alpha value is -2.67. The molecule has 3 atom stereocenters. The Balaban J connectivity index is 1.56. The molecule has 6 N–H and O–H groups in total. The number of amidine groups is 1. The zero-order chi connectivity index (χ0) is 23.3. The Kier molecular flexibility index (Phi) is 8.07. The van der Waals surface area contributed by atoms with Crippen molar-refractivity contribution < 1.29 is 9.18 Å². The van der Waals surface area contributed by atoms with Crippen LogP contribution in [0.25, 0.3) is 5.65 Å². The number of nitrogens with two attached hydrogens (primary N) is 2. The van der Waals surface area contributed by atoms with Crippen LogP contribution in [0.1, 0.15) is 51.4 Å². The van der Waals surface area contributed by atoms with E-state index in [0.717, 1.165) is 31.5 Å². The molecule has 0 bridgehead atoms. The molecule has 1 saturated carbocycles. The van der Waals surface area contributed by atoms with Crippen LogP contribution in [0.5, 0.6) is 0 Å². The number of alkyl halides is 1. The van der Waals surface area contributed by atoms with Crippen LogP contribution in [0, 0.1) is 0 Å². The molecule has 10 heteroatoms. The first kappa shape index (κ1) is 24.0. The summed E-state index contributed by atoms with van der Waals surface area (Å²) in [7, 11) is 2.64. The van der Waals surface area contributed by atoms with Crippen LogP contribution in [0.3, 0.4) is 0 Å². The molecule has 1 aliphatic rings. The molecule has 2 heterocycles. The Morgan fingerprint density at radius 2 is 2.03 bits per heavy atom. The van der Waals surface area contributed by atoms with Gasteiger partial charge in [0.2, 0.25) is 0 Å².